The van der Waals surface area contributed by atoms with E-state index < -0.39 is 0 Å². The molecule has 0 radical (unpaired) electrons. The van der Waals surface area contributed by atoms with E-state index >= 15 is 0 Å². The Bertz CT molecular complexity index is 352. The van der Waals surface area contributed by atoms with Crippen molar-refractivity contribution in [1.82, 2.24) is 4.90 Å². The Hall–Kier alpha value is -1.26. The number of rotatable bonds is 3. The Morgan fingerprint density at radius 3 is 2.73 bits per heavy atom. The monoisotopic (exact) mass is 208 g/mol. The first-order valence-electron chi connectivity index (χ1n) is 4.98. The average molecular weight is 208 g/mol. The smallest absolute Gasteiger partial charge is 0.231 e. The minimum absolute atomic E-state index is 0.222. The van der Waals surface area contributed by atoms with Gasteiger partial charge in [-0.1, -0.05) is 6.07 Å². The lowest BCUT2D eigenvalue weighted by molar-refractivity contribution is 0.174. The molecular weight excluding hydrogens is 192 g/mol. The van der Waals surface area contributed by atoms with Crippen molar-refractivity contribution in [2.75, 3.05) is 27.4 Å². The molecule has 4 nitrogen and oxygen atoms in total. The number of hydrogen-bond acceptors (Lipinski definition) is 4. The van der Waals surface area contributed by atoms with Gasteiger partial charge < -0.3 is 20.1 Å². The summed E-state index contributed by atoms with van der Waals surface area (Å²) in [6.45, 7) is 0.903. The minimum Gasteiger partial charge on any atom is -0.454 e. The maximum atomic E-state index is 5.74. The summed E-state index contributed by atoms with van der Waals surface area (Å²) in [5, 5.41) is 0. The Labute approximate surface area is 89.6 Å². The quantitative estimate of drug-likeness (QED) is 0.804. The SMILES string of the molecule is CN(C)C(CN)c1ccc2c(c1)OCO2. The number of nitrogens with two attached hydrogens (primary N) is 1. The standard InChI is InChI=1S/C11H16N2O2/c1-13(2)9(6-12)8-3-4-10-11(5-8)15-7-14-10/h3-5,9H,6-7,12H2,1-2H3. The van der Waals surface area contributed by atoms with Crippen LogP contribution in [0.4, 0.5) is 0 Å². The van der Waals surface area contributed by atoms with E-state index in [0.717, 1.165) is 17.1 Å². The van der Waals surface area contributed by atoms with Crippen LogP contribution < -0.4 is 15.2 Å². The van der Waals surface area contributed by atoms with Crippen LogP contribution in [0, 0.1) is 0 Å². The van der Waals surface area contributed by atoms with Gasteiger partial charge in [-0.05, 0) is 31.8 Å². The van der Waals surface area contributed by atoms with E-state index in [-0.39, 0.29) is 6.04 Å². The zero-order chi connectivity index (χ0) is 10.8. The molecule has 0 saturated heterocycles. The van der Waals surface area contributed by atoms with Crippen molar-refractivity contribution in [2.45, 2.75) is 6.04 Å². The lowest BCUT2D eigenvalue weighted by Gasteiger charge is -2.23. The Balaban J connectivity index is 2.28. The molecule has 2 rings (SSSR count). The molecule has 1 aromatic rings. The van der Waals surface area contributed by atoms with Crippen molar-refractivity contribution in [3.8, 4) is 11.5 Å². The predicted molar refractivity (Wildman–Crippen MR) is 58.0 cm³/mol. The number of likely N-dealkylation sites (N-methyl/N-ethyl adjacent to an activating group) is 1. The van der Waals surface area contributed by atoms with Crippen LogP contribution in [0.3, 0.4) is 0 Å². The van der Waals surface area contributed by atoms with Gasteiger partial charge in [-0.25, -0.2) is 0 Å². The van der Waals surface area contributed by atoms with Crippen molar-refractivity contribution in [3.05, 3.63) is 23.8 Å². The maximum Gasteiger partial charge on any atom is 0.231 e. The van der Waals surface area contributed by atoms with E-state index in [1.807, 2.05) is 32.3 Å². The van der Waals surface area contributed by atoms with Gasteiger partial charge in [0.1, 0.15) is 0 Å². The molecule has 0 fully saturated rings. The van der Waals surface area contributed by atoms with E-state index in [2.05, 4.69) is 4.90 Å². The molecule has 0 bridgehead atoms. The summed E-state index contributed by atoms with van der Waals surface area (Å²) >= 11 is 0. The van der Waals surface area contributed by atoms with Crippen LogP contribution in [0.5, 0.6) is 11.5 Å². The van der Waals surface area contributed by atoms with E-state index in [0.29, 0.717) is 13.3 Å². The summed E-state index contributed by atoms with van der Waals surface area (Å²) in [6.07, 6.45) is 0. The minimum atomic E-state index is 0.222. The Kier molecular flexibility index (Phi) is 2.79. The second-order valence-corrected chi connectivity index (χ2v) is 3.83. The molecule has 1 atom stereocenters. The molecule has 0 saturated carbocycles. The van der Waals surface area contributed by atoms with Crippen molar-refractivity contribution >= 4 is 0 Å². The number of fused-ring (bicyclic) bond motifs is 1. The van der Waals surface area contributed by atoms with Gasteiger partial charge in [0.25, 0.3) is 0 Å². The Morgan fingerprint density at radius 2 is 2.07 bits per heavy atom. The molecule has 15 heavy (non-hydrogen) atoms. The summed E-state index contributed by atoms with van der Waals surface area (Å²) in [5.74, 6) is 1.63. The predicted octanol–water partition coefficient (Wildman–Crippen LogP) is 0.977. The lowest BCUT2D eigenvalue weighted by atomic mass is 10.1. The van der Waals surface area contributed by atoms with E-state index in [1.165, 1.54) is 0 Å². The fourth-order valence-electron chi connectivity index (χ4n) is 1.77. The molecule has 82 valence electrons. The first-order valence-corrected chi connectivity index (χ1v) is 4.98. The fraction of sp³-hybridized carbons (Fsp3) is 0.455. The molecule has 0 aliphatic carbocycles. The molecule has 0 aromatic heterocycles. The maximum absolute atomic E-state index is 5.74. The first kappa shape index (κ1) is 10.3. The normalized spacial score (nSPS) is 15.7. The van der Waals surface area contributed by atoms with Crippen LogP contribution in [-0.4, -0.2) is 32.3 Å². The Morgan fingerprint density at radius 1 is 1.33 bits per heavy atom. The first-order chi connectivity index (χ1) is 7.22. The topological polar surface area (TPSA) is 47.7 Å². The van der Waals surface area contributed by atoms with Gasteiger partial charge in [0.2, 0.25) is 6.79 Å². The van der Waals surface area contributed by atoms with Crippen molar-refractivity contribution in [1.29, 1.82) is 0 Å². The zero-order valence-electron chi connectivity index (χ0n) is 9.06. The van der Waals surface area contributed by atoms with Crippen LogP contribution in [0.25, 0.3) is 0 Å². The molecule has 1 aromatic carbocycles. The second-order valence-electron chi connectivity index (χ2n) is 3.83. The number of hydrogen-bond donors (Lipinski definition) is 1. The number of benzene rings is 1. The van der Waals surface area contributed by atoms with Gasteiger partial charge in [0.05, 0.1) is 0 Å². The number of ether oxygens (including phenoxy) is 2. The van der Waals surface area contributed by atoms with Gasteiger partial charge in [0, 0.05) is 12.6 Å². The highest BCUT2D eigenvalue weighted by Gasteiger charge is 2.18. The van der Waals surface area contributed by atoms with Gasteiger partial charge >= 0.3 is 0 Å². The average Bonchev–Trinajstić information content (AvgIpc) is 2.65. The van der Waals surface area contributed by atoms with Crippen LogP contribution in [0.1, 0.15) is 11.6 Å². The zero-order valence-corrected chi connectivity index (χ0v) is 9.06. The molecule has 1 aliphatic rings. The van der Waals surface area contributed by atoms with E-state index in [4.69, 9.17) is 15.2 Å². The van der Waals surface area contributed by atoms with Crippen molar-refractivity contribution in [3.63, 3.8) is 0 Å². The summed E-state index contributed by atoms with van der Waals surface area (Å²) in [7, 11) is 4.03. The highest BCUT2D eigenvalue weighted by atomic mass is 16.7. The van der Waals surface area contributed by atoms with Gasteiger partial charge in [-0.15, -0.1) is 0 Å². The largest absolute Gasteiger partial charge is 0.454 e. The fourth-order valence-corrected chi connectivity index (χ4v) is 1.77. The summed E-state index contributed by atoms with van der Waals surface area (Å²) in [4.78, 5) is 2.09. The number of nitrogens with zero attached hydrogens (tertiary/aromatic N) is 1. The highest BCUT2D eigenvalue weighted by molar-refractivity contribution is 5.45. The van der Waals surface area contributed by atoms with Gasteiger partial charge in [-0.2, -0.15) is 0 Å². The van der Waals surface area contributed by atoms with Crippen molar-refractivity contribution < 1.29 is 9.47 Å². The second kappa shape index (κ2) is 4.08. The molecule has 0 amide bonds. The van der Waals surface area contributed by atoms with Crippen molar-refractivity contribution in [2.24, 2.45) is 5.73 Å². The molecule has 1 heterocycles. The summed E-state index contributed by atoms with van der Waals surface area (Å²) in [5.41, 5.74) is 6.90. The molecule has 1 unspecified atom stereocenters. The van der Waals surface area contributed by atoms with Gasteiger partial charge in [0.15, 0.2) is 11.5 Å². The van der Waals surface area contributed by atoms with Crippen LogP contribution in [0.15, 0.2) is 18.2 Å². The third kappa shape index (κ3) is 1.91. The van der Waals surface area contributed by atoms with Gasteiger partial charge in [-0.3, -0.25) is 0 Å². The van der Waals surface area contributed by atoms with Crippen LogP contribution >= 0.6 is 0 Å². The molecule has 2 N–H and O–H groups in total. The molecule has 0 spiro atoms. The molecule has 1 aliphatic heterocycles. The van der Waals surface area contributed by atoms with E-state index in [1.54, 1.807) is 0 Å². The van der Waals surface area contributed by atoms with Crippen LogP contribution in [0.2, 0.25) is 0 Å². The third-order valence-electron chi connectivity index (χ3n) is 2.63. The summed E-state index contributed by atoms with van der Waals surface area (Å²) < 4.78 is 10.6. The third-order valence-corrected chi connectivity index (χ3v) is 2.63. The molecular formula is C11H16N2O2. The highest BCUT2D eigenvalue weighted by Crippen LogP contribution is 2.34. The summed E-state index contributed by atoms with van der Waals surface area (Å²) in [6, 6.07) is 6.19. The van der Waals surface area contributed by atoms with E-state index in [9.17, 15) is 0 Å². The lowest BCUT2D eigenvalue weighted by Crippen LogP contribution is -2.27. The van der Waals surface area contributed by atoms with Crippen LogP contribution in [-0.2, 0) is 0 Å². The molecule has 4 heteroatoms.